The zero-order valence-corrected chi connectivity index (χ0v) is 17.3. The first-order chi connectivity index (χ1) is 11.8. The van der Waals surface area contributed by atoms with Crippen molar-refractivity contribution in [2.24, 2.45) is 34.3 Å². The van der Waals surface area contributed by atoms with Gasteiger partial charge in [-0.25, -0.2) is 0 Å². The maximum Gasteiger partial charge on any atom is 0.0228 e. The molecule has 4 rings (SSSR count). The Morgan fingerprint density at radius 2 is 1.80 bits per heavy atom. The molecule has 0 heterocycles. The summed E-state index contributed by atoms with van der Waals surface area (Å²) in [6.45, 7) is 11.0. The summed E-state index contributed by atoms with van der Waals surface area (Å²) in [5.41, 5.74) is 10.6. The number of fused-ring (bicyclic) bond motifs is 5. The molecule has 0 amide bonds. The van der Waals surface area contributed by atoms with E-state index in [0.29, 0.717) is 23.2 Å². The largest absolute Gasteiger partial charge is 0.325 e. The van der Waals surface area contributed by atoms with Crippen LogP contribution in [0.5, 0.6) is 0 Å². The standard InChI is InChI=1S/C21H34N2.C2H6/c1-14(22)16-7-8-17-20(16,3)12-10-18-19(2)11-5-4-6-15(19)9-13-21(17,18)23;1-2/h6,16-18,22H,4-5,7-13,23H2,1-3H3;1-2H3. The lowest BCUT2D eigenvalue weighted by molar-refractivity contribution is -0.0636. The quantitative estimate of drug-likeness (QED) is 0.438. The van der Waals surface area contributed by atoms with Crippen LogP contribution in [-0.4, -0.2) is 11.3 Å². The zero-order valence-electron chi connectivity index (χ0n) is 17.3. The van der Waals surface area contributed by atoms with Crippen molar-refractivity contribution in [3.05, 3.63) is 11.6 Å². The van der Waals surface area contributed by atoms with Crippen LogP contribution in [0.1, 0.15) is 92.4 Å². The second kappa shape index (κ2) is 6.51. The summed E-state index contributed by atoms with van der Waals surface area (Å²) < 4.78 is 0. The van der Waals surface area contributed by atoms with Crippen molar-refractivity contribution in [2.45, 2.75) is 97.9 Å². The minimum atomic E-state index is 0.0145. The lowest BCUT2D eigenvalue weighted by Crippen LogP contribution is -2.66. The number of nitrogens with two attached hydrogens (primary N) is 1. The number of hydrogen-bond donors (Lipinski definition) is 2. The molecule has 0 saturated heterocycles. The molecule has 6 atom stereocenters. The van der Waals surface area contributed by atoms with Gasteiger partial charge in [-0.3, -0.25) is 0 Å². The Labute approximate surface area is 155 Å². The van der Waals surface area contributed by atoms with Crippen molar-refractivity contribution in [1.82, 2.24) is 0 Å². The van der Waals surface area contributed by atoms with Gasteiger partial charge in [0.2, 0.25) is 0 Å². The lowest BCUT2D eigenvalue weighted by atomic mass is 9.44. The number of hydrogen-bond acceptors (Lipinski definition) is 2. The molecule has 0 radical (unpaired) electrons. The first kappa shape index (κ1) is 19.1. The topological polar surface area (TPSA) is 49.9 Å². The summed E-state index contributed by atoms with van der Waals surface area (Å²) in [5, 5.41) is 8.27. The monoisotopic (exact) mass is 344 g/mol. The number of rotatable bonds is 1. The van der Waals surface area contributed by atoms with Crippen molar-refractivity contribution < 1.29 is 0 Å². The van der Waals surface area contributed by atoms with Gasteiger partial charge < -0.3 is 11.1 Å². The molecule has 3 saturated carbocycles. The van der Waals surface area contributed by atoms with Gasteiger partial charge in [0.1, 0.15) is 0 Å². The molecule has 0 aromatic rings. The van der Waals surface area contributed by atoms with Crippen LogP contribution in [0.4, 0.5) is 0 Å². The molecule has 6 unspecified atom stereocenters. The first-order valence-corrected chi connectivity index (χ1v) is 10.9. The third kappa shape index (κ3) is 2.58. The predicted molar refractivity (Wildman–Crippen MR) is 108 cm³/mol. The molecule has 3 N–H and O–H groups in total. The maximum atomic E-state index is 8.27. The van der Waals surface area contributed by atoms with Gasteiger partial charge in [0.05, 0.1) is 0 Å². The van der Waals surface area contributed by atoms with Crippen molar-refractivity contribution in [3.8, 4) is 0 Å². The van der Waals surface area contributed by atoms with Gasteiger partial charge in [-0.1, -0.05) is 39.3 Å². The molecule has 0 spiro atoms. The highest BCUT2D eigenvalue weighted by Gasteiger charge is 2.64. The maximum absolute atomic E-state index is 8.27. The Morgan fingerprint density at radius 3 is 2.48 bits per heavy atom. The van der Waals surface area contributed by atoms with Crippen LogP contribution in [0.3, 0.4) is 0 Å². The fourth-order valence-corrected chi connectivity index (χ4v) is 7.68. The van der Waals surface area contributed by atoms with E-state index in [1.807, 2.05) is 20.8 Å². The SMILES string of the molecule is CC.CC(=N)C1CCC2C1(C)CCC1C3(C)CCCC=C3CCC12N. The van der Waals surface area contributed by atoms with E-state index in [4.69, 9.17) is 11.1 Å². The summed E-state index contributed by atoms with van der Waals surface area (Å²) in [5.74, 6) is 1.77. The predicted octanol–water partition coefficient (Wildman–Crippen LogP) is 6.10. The first-order valence-electron chi connectivity index (χ1n) is 10.9. The summed E-state index contributed by atoms with van der Waals surface area (Å²) in [6.07, 6.45) is 13.9. The number of allylic oxidation sites excluding steroid dienone is 2. The molecule has 4 aliphatic rings. The van der Waals surface area contributed by atoms with Crippen molar-refractivity contribution in [2.75, 3.05) is 0 Å². The van der Waals surface area contributed by atoms with Crippen LogP contribution in [0.25, 0.3) is 0 Å². The summed E-state index contributed by atoms with van der Waals surface area (Å²) in [4.78, 5) is 0. The number of nitrogens with one attached hydrogen (secondary N) is 1. The molecule has 0 bridgehead atoms. The Morgan fingerprint density at radius 1 is 1.08 bits per heavy atom. The van der Waals surface area contributed by atoms with E-state index in [0.717, 1.165) is 5.71 Å². The molecule has 4 aliphatic carbocycles. The van der Waals surface area contributed by atoms with Gasteiger partial charge in [-0.15, -0.1) is 0 Å². The van der Waals surface area contributed by atoms with Gasteiger partial charge in [-0.2, -0.15) is 0 Å². The molecular weight excluding hydrogens is 304 g/mol. The van der Waals surface area contributed by atoms with Crippen molar-refractivity contribution in [1.29, 1.82) is 5.41 Å². The Bertz CT molecular complexity index is 564. The van der Waals surface area contributed by atoms with E-state index in [-0.39, 0.29) is 11.0 Å². The van der Waals surface area contributed by atoms with Gasteiger partial charge in [0.15, 0.2) is 0 Å². The third-order valence-corrected chi connectivity index (χ3v) is 8.75. The molecule has 3 fully saturated rings. The van der Waals surface area contributed by atoms with Gasteiger partial charge in [0.25, 0.3) is 0 Å². The molecule has 2 nitrogen and oxygen atoms in total. The highest BCUT2D eigenvalue weighted by molar-refractivity contribution is 5.82. The average molecular weight is 345 g/mol. The minimum Gasteiger partial charge on any atom is -0.325 e. The van der Waals surface area contributed by atoms with Gasteiger partial charge in [0, 0.05) is 17.2 Å². The van der Waals surface area contributed by atoms with E-state index in [9.17, 15) is 0 Å². The van der Waals surface area contributed by atoms with E-state index in [1.165, 1.54) is 57.8 Å². The van der Waals surface area contributed by atoms with Crippen LogP contribution >= 0.6 is 0 Å². The fourth-order valence-electron chi connectivity index (χ4n) is 7.68. The smallest absolute Gasteiger partial charge is 0.0228 e. The van der Waals surface area contributed by atoms with Crippen LogP contribution in [0, 0.1) is 34.0 Å². The molecule has 2 heteroatoms. The van der Waals surface area contributed by atoms with E-state index >= 15 is 0 Å². The summed E-state index contributed by atoms with van der Waals surface area (Å²) in [7, 11) is 0. The Balaban J connectivity index is 0.000000880. The fraction of sp³-hybridized carbons (Fsp3) is 0.870. The van der Waals surface area contributed by atoms with Crippen LogP contribution in [0.2, 0.25) is 0 Å². The Kier molecular flexibility index (Phi) is 4.99. The highest BCUT2D eigenvalue weighted by Crippen LogP contribution is 2.67. The molecule has 142 valence electrons. The molecule has 0 aromatic heterocycles. The van der Waals surface area contributed by atoms with Crippen molar-refractivity contribution in [3.63, 3.8) is 0 Å². The Hall–Kier alpha value is -0.630. The van der Waals surface area contributed by atoms with E-state index in [1.54, 1.807) is 5.57 Å². The zero-order chi connectivity index (χ0) is 18.5. The minimum absolute atomic E-state index is 0.0145. The molecule has 0 aromatic carbocycles. The van der Waals surface area contributed by atoms with E-state index in [2.05, 4.69) is 19.9 Å². The summed E-state index contributed by atoms with van der Waals surface area (Å²) in [6, 6.07) is 0. The normalized spacial score (nSPS) is 48.2. The second-order valence-corrected chi connectivity index (χ2v) is 9.61. The lowest BCUT2D eigenvalue weighted by Gasteiger charge is -2.63. The molecular formula is C23H40N2. The third-order valence-electron chi connectivity index (χ3n) is 8.75. The average Bonchev–Trinajstić information content (AvgIpc) is 2.94. The van der Waals surface area contributed by atoms with Crippen LogP contribution in [-0.2, 0) is 0 Å². The van der Waals surface area contributed by atoms with Gasteiger partial charge >= 0.3 is 0 Å². The van der Waals surface area contributed by atoms with Crippen molar-refractivity contribution >= 4 is 5.71 Å². The molecule has 0 aliphatic heterocycles. The molecule has 25 heavy (non-hydrogen) atoms. The summed E-state index contributed by atoms with van der Waals surface area (Å²) >= 11 is 0. The second-order valence-electron chi connectivity index (χ2n) is 9.61. The highest BCUT2D eigenvalue weighted by atomic mass is 14.9. The van der Waals surface area contributed by atoms with E-state index < -0.39 is 0 Å². The van der Waals surface area contributed by atoms with Crippen LogP contribution in [0.15, 0.2) is 11.6 Å². The van der Waals surface area contributed by atoms with Gasteiger partial charge in [-0.05, 0) is 87.4 Å². The van der Waals surface area contributed by atoms with Crippen LogP contribution < -0.4 is 5.73 Å².